The summed E-state index contributed by atoms with van der Waals surface area (Å²) in [4.78, 5) is 13.0. The summed E-state index contributed by atoms with van der Waals surface area (Å²) in [6.07, 6.45) is 1.67. The number of carbonyl (C=O) groups excluding carboxylic acids is 1. The molecule has 0 bridgehead atoms. The Hall–Kier alpha value is -1.16. The van der Waals surface area contributed by atoms with Crippen LogP contribution in [0.3, 0.4) is 0 Å². The van der Waals surface area contributed by atoms with Crippen molar-refractivity contribution in [3.63, 3.8) is 0 Å². The first-order valence-electron chi connectivity index (χ1n) is 5.72. The molecule has 0 radical (unpaired) electrons. The molecule has 1 aromatic rings. The normalized spacial score (nSPS) is 16.6. The van der Waals surface area contributed by atoms with E-state index in [1.165, 1.54) is 16.0 Å². The van der Waals surface area contributed by atoms with E-state index in [0.717, 1.165) is 12.8 Å². The number of fused-ring (bicyclic) bond motifs is 1. The predicted octanol–water partition coefficient (Wildman–Crippen LogP) is 0.991. The lowest BCUT2D eigenvalue weighted by molar-refractivity contribution is -0.125. The van der Waals surface area contributed by atoms with Crippen LogP contribution in [0.5, 0.6) is 0 Å². The van der Waals surface area contributed by atoms with Crippen LogP contribution in [0.2, 0.25) is 0 Å². The molecule has 1 amide bonds. The molecule has 2 rings (SSSR count). The molecule has 17 heavy (non-hydrogen) atoms. The molecule has 0 saturated heterocycles. The molecule has 92 valence electrons. The van der Waals surface area contributed by atoms with E-state index in [1.54, 1.807) is 14.1 Å². The summed E-state index contributed by atoms with van der Waals surface area (Å²) in [6, 6.07) is 8.19. The molecular formula is C13H17NO2S. The van der Waals surface area contributed by atoms with E-state index in [0.29, 0.717) is 0 Å². The van der Waals surface area contributed by atoms with Gasteiger partial charge >= 0.3 is 0 Å². The maximum atomic E-state index is 12.1. The zero-order valence-electron chi connectivity index (χ0n) is 10.2. The Labute approximate surface area is 104 Å². The molecule has 3 nitrogen and oxygen atoms in total. The molecule has 0 spiro atoms. The molecule has 1 aliphatic carbocycles. The van der Waals surface area contributed by atoms with Crippen molar-refractivity contribution in [2.45, 2.75) is 18.1 Å². The Balaban J connectivity index is 1.99. The van der Waals surface area contributed by atoms with Gasteiger partial charge in [0.15, 0.2) is 0 Å². The van der Waals surface area contributed by atoms with Gasteiger partial charge in [0.05, 0.1) is 0 Å². The van der Waals surface area contributed by atoms with E-state index in [2.05, 4.69) is 12.1 Å². The number of rotatable bonds is 3. The predicted molar refractivity (Wildman–Crippen MR) is 69.3 cm³/mol. The summed E-state index contributed by atoms with van der Waals surface area (Å²) in [5, 5.41) is 0.108. The second kappa shape index (κ2) is 5.00. The minimum Gasteiger partial charge on any atom is -0.348 e. The Morgan fingerprint density at radius 1 is 1.29 bits per heavy atom. The molecule has 0 saturated carbocycles. The van der Waals surface area contributed by atoms with Crippen LogP contribution in [0.1, 0.15) is 11.1 Å². The second-order valence-electron chi connectivity index (χ2n) is 4.61. The third-order valence-electron chi connectivity index (χ3n) is 3.15. The lowest BCUT2D eigenvalue weighted by Gasteiger charge is -2.12. The van der Waals surface area contributed by atoms with Gasteiger partial charge < -0.3 is 4.90 Å². The van der Waals surface area contributed by atoms with Crippen LogP contribution in [-0.4, -0.2) is 40.1 Å². The fourth-order valence-electron chi connectivity index (χ4n) is 2.07. The van der Waals surface area contributed by atoms with Crippen LogP contribution >= 0.6 is 0 Å². The Morgan fingerprint density at radius 2 is 1.82 bits per heavy atom. The molecule has 0 aliphatic heterocycles. The average molecular weight is 251 g/mol. The van der Waals surface area contributed by atoms with E-state index in [1.807, 2.05) is 12.1 Å². The van der Waals surface area contributed by atoms with E-state index >= 15 is 0 Å². The molecule has 0 N–H and O–H groups in total. The summed E-state index contributed by atoms with van der Waals surface area (Å²) in [6.45, 7) is 0. The fraction of sp³-hybridized carbons (Fsp3) is 0.462. The van der Waals surface area contributed by atoms with E-state index in [4.69, 9.17) is 0 Å². The van der Waals surface area contributed by atoms with E-state index < -0.39 is 10.8 Å². The lowest BCUT2D eigenvalue weighted by Crippen LogP contribution is -2.31. The van der Waals surface area contributed by atoms with Crippen molar-refractivity contribution in [2.75, 3.05) is 19.8 Å². The number of nitrogens with zero attached hydrogens (tertiary/aromatic N) is 1. The Morgan fingerprint density at radius 3 is 2.29 bits per heavy atom. The molecule has 0 heterocycles. The third-order valence-corrected chi connectivity index (χ3v) is 4.76. The minimum absolute atomic E-state index is 0.0562. The number of amides is 1. The maximum Gasteiger partial charge on any atom is 0.234 e. The van der Waals surface area contributed by atoms with Crippen LogP contribution in [0.4, 0.5) is 0 Å². The van der Waals surface area contributed by atoms with Crippen molar-refractivity contribution in [3.05, 3.63) is 35.4 Å². The highest BCUT2D eigenvalue weighted by atomic mass is 32.2. The first-order chi connectivity index (χ1) is 8.08. The van der Waals surface area contributed by atoms with E-state index in [9.17, 15) is 9.00 Å². The summed E-state index contributed by atoms with van der Waals surface area (Å²) >= 11 is 0. The van der Waals surface area contributed by atoms with Gasteiger partial charge in [0.25, 0.3) is 0 Å². The standard InChI is InChI=1S/C13H17NO2S/c1-14(2)13(15)9-17(16)12-7-10-5-3-4-6-11(10)8-12/h3-6,12H,7-9H2,1-2H3/t17-/m1/s1. The van der Waals surface area contributed by atoms with Crippen molar-refractivity contribution >= 4 is 16.7 Å². The summed E-state index contributed by atoms with van der Waals surface area (Å²) in [5.74, 6) is 0.0883. The summed E-state index contributed by atoms with van der Waals surface area (Å²) in [7, 11) is 2.33. The zero-order chi connectivity index (χ0) is 12.4. The molecule has 1 aliphatic rings. The molecule has 4 heteroatoms. The van der Waals surface area contributed by atoms with Crippen molar-refractivity contribution in [1.82, 2.24) is 4.90 Å². The first-order valence-corrected chi connectivity index (χ1v) is 7.10. The van der Waals surface area contributed by atoms with Gasteiger partial charge in [-0.2, -0.15) is 0 Å². The van der Waals surface area contributed by atoms with Gasteiger partial charge in [-0.25, -0.2) is 0 Å². The topological polar surface area (TPSA) is 37.4 Å². The SMILES string of the molecule is CN(C)C(=O)C[S@@](=O)C1Cc2ccccc2C1. The highest BCUT2D eigenvalue weighted by Gasteiger charge is 2.27. The first kappa shape index (κ1) is 12.3. The largest absolute Gasteiger partial charge is 0.348 e. The molecule has 1 aromatic carbocycles. The second-order valence-corrected chi connectivity index (χ2v) is 6.33. The molecule has 1 atom stereocenters. The van der Waals surface area contributed by atoms with Gasteiger partial charge in [-0.05, 0) is 24.0 Å². The summed E-state index contributed by atoms with van der Waals surface area (Å²) < 4.78 is 12.1. The van der Waals surface area contributed by atoms with Crippen molar-refractivity contribution in [3.8, 4) is 0 Å². The van der Waals surface area contributed by atoms with Crippen LogP contribution in [0.15, 0.2) is 24.3 Å². The van der Waals surface area contributed by atoms with Crippen LogP contribution < -0.4 is 0 Å². The van der Waals surface area contributed by atoms with Gasteiger partial charge in [0, 0.05) is 30.1 Å². The smallest absolute Gasteiger partial charge is 0.234 e. The number of hydrogen-bond donors (Lipinski definition) is 0. The zero-order valence-corrected chi connectivity index (χ0v) is 11.0. The monoisotopic (exact) mass is 251 g/mol. The maximum absolute atomic E-state index is 12.1. The molecular weight excluding hydrogens is 234 g/mol. The van der Waals surface area contributed by atoms with Crippen LogP contribution in [0, 0.1) is 0 Å². The third kappa shape index (κ3) is 2.75. The van der Waals surface area contributed by atoms with Crippen molar-refractivity contribution in [2.24, 2.45) is 0 Å². The van der Waals surface area contributed by atoms with Gasteiger partial charge in [-0.1, -0.05) is 24.3 Å². The quantitative estimate of drug-likeness (QED) is 0.803. The van der Waals surface area contributed by atoms with Gasteiger partial charge in [-0.3, -0.25) is 9.00 Å². The molecule has 0 unspecified atom stereocenters. The van der Waals surface area contributed by atoms with Gasteiger partial charge in [0.1, 0.15) is 5.75 Å². The fourth-order valence-corrected chi connectivity index (χ4v) is 3.54. The Kier molecular flexibility index (Phi) is 3.62. The Bertz CT molecular complexity index is 431. The van der Waals surface area contributed by atoms with Crippen LogP contribution in [0.25, 0.3) is 0 Å². The van der Waals surface area contributed by atoms with Crippen molar-refractivity contribution in [1.29, 1.82) is 0 Å². The molecule has 0 aromatic heterocycles. The van der Waals surface area contributed by atoms with Crippen LogP contribution in [-0.2, 0) is 28.4 Å². The number of hydrogen-bond acceptors (Lipinski definition) is 2. The minimum atomic E-state index is -1.06. The van der Waals surface area contributed by atoms with Gasteiger partial charge in [0.2, 0.25) is 5.91 Å². The van der Waals surface area contributed by atoms with E-state index in [-0.39, 0.29) is 16.9 Å². The highest BCUT2D eigenvalue weighted by molar-refractivity contribution is 7.86. The number of benzene rings is 1. The van der Waals surface area contributed by atoms with Crippen molar-refractivity contribution < 1.29 is 9.00 Å². The summed E-state index contributed by atoms with van der Waals surface area (Å²) in [5.41, 5.74) is 2.56. The molecule has 0 fully saturated rings. The lowest BCUT2D eigenvalue weighted by atomic mass is 10.1. The highest BCUT2D eigenvalue weighted by Crippen LogP contribution is 2.25. The number of carbonyl (C=O) groups is 1. The van der Waals surface area contributed by atoms with Gasteiger partial charge in [-0.15, -0.1) is 0 Å². The average Bonchev–Trinajstić information content (AvgIpc) is 2.72.